The third kappa shape index (κ3) is 5.53. The molecule has 0 aliphatic rings. The third-order valence-electron chi connectivity index (χ3n) is 4.53. The van der Waals surface area contributed by atoms with Crippen LogP contribution in [0.5, 0.6) is 0 Å². The van der Waals surface area contributed by atoms with Gasteiger partial charge in [-0.15, -0.1) is 0 Å². The highest BCUT2D eigenvalue weighted by molar-refractivity contribution is 5.60. The number of nitrogen functional groups attached to an aromatic ring is 1. The van der Waals surface area contributed by atoms with Crippen LogP contribution in [0.4, 0.5) is 11.5 Å². The summed E-state index contributed by atoms with van der Waals surface area (Å²) in [5.74, 6) is 0.514. The maximum Gasteiger partial charge on any atom is 0.146 e. The van der Waals surface area contributed by atoms with E-state index in [1.807, 2.05) is 30.3 Å². The summed E-state index contributed by atoms with van der Waals surface area (Å²) in [6, 6.07) is 20.2. The number of nitrogens with two attached hydrogens (primary N) is 1. The first kappa shape index (κ1) is 19.3. The van der Waals surface area contributed by atoms with E-state index in [9.17, 15) is 0 Å². The molecule has 2 heterocycles. The van der Waals surface area contributed by atoms with Gasteiger partial charge in [0.05, 0.1) is 5.69 Å². The topological polar surface area (TPSA) is 99.7 Å². The van der Waals surface area contributed by atoms with Gasteiger partial charge in [0.15, 0.2) is 0 Å². The molecule has 0 saturated carbocycles. The van der Waals surface area contributed by atoms with Crippen LogP contribution in [0.1, 0.15) is 29.3 Å². The lowest BCUT2D eigenvalue weighted by molar-refractivity contribution is 0.514. The molecule has 0 amide bonds. The molecule has 0 saturated heterocycles. The number of nitriles is 1. The number of rotatable bonds is 9. The molecule has 3 rings (SSSR count). The van der Waals surface area contributed by atoms with Gasteiger partial charge in [-0.1, -0.05) is 36.4 Å². The summed E-state index contributed by atoms with van der Waals surface area (Å²) >= 11 is 0. The molecule has 28 heavy (non-hydrogen) atoms. The second kappa shape index (κ2) is 10.0. The zero-order valence-electron chi connectivity index (χ0n) is 15.7. The molecule has 0 radical (unpaired) electrons. The Morgan fingerprint density at radius 1 is 1.00 bits per heavy atom. The molecule has 6 heteroatoms. The summed E-state index contributed by atoms with van der Waals surface area (Å²) in [6.45, 7) is 1.60. The van der Waals surface area contributed by atoms with Crippen LogP contribution in [0.25, 0.3) is 0 Å². The van der Waals surface area contributed by atoms with Crippen molar-refractivity contribution >= 4 is 11.5 Å². The predicted molar refractivity (Wildman–Crippen MR) is 112 cm³/mol. The van der Waals surface area contributed by atoms with Crippen LogP contribution < -0.4 is 16.4 Å². The molecule has 0 spiro atoms. The van der Waals surface area contributed by atoms with Crippen LogP contribution in [-0.2, 0) is 6.42 Å². The number of hydrogen-bond acceptors (Lipinski definition) is 6. The summed E-state index contributed by atoms with van der Waals surface area (Å²) in [5.41, 5.74) is 9.56. The Kier molecular flexibility index (Phi) is 6.94. The minimum absolute atomic E-state index is 0.220. The van der Waals surface area contributed by atoms with Crippen LogP contribution in [0.3, 0.4) is 0 Å². The molecule has 3 aromatic rings. The van der Waals surface area contributed by atoms with Crippen LogP contribution in [0.2, 0.25) is 0 Å². The van der Waals surface area contributed by atoms with E-state index in [4.69, 9.17) is 11.0 Å². The summed E-state index contributed by atoms with van der Waals surface area (Å²) in [4.78, 5) is 8.23. The normalized spacial score (nSPS) is 11.5. The number of nitrogens with zero attached hydrogens (tertiary/aromatic N) is 3. The van der Waals surface area contributed by atoms with Gasteiger partial charge < -0.3 is 16.4 Å². The second-order valence-electron chi connectivity index (χ2n) is 6.48. The van der Waals surface area contributed by atoms with Crippen molar-refractivity contribution in [2.24, 2.45) is 0 Å². The van der Waals surface area contributed by atoms with E-state index in [1.54, 1.807) is 18.5 Å². The summed E-state index contributed by atoms with van der Waals surface area (Å²) in [7, 11) is 0. The molecule has 1 atom stereocenters. The van der Waals surface area contributed by atoms with Gasteiger partial charge in [-0.3, -0.25) is 0 Å². The molecule has 0 aliphatic heterocycles. The van der Waals surface area contributed by atoms with Crippen LogP contribution in [0, 0.1) is 11.3 Å². The largest absolute Gasteiger partial charge is 0.382 e. The Balaban J connectivity index is 1.56. The van der Waals surface area contributed by atoms with Gasteiger partial charge in [-0.2, -0.15) is 5.26 Å². The highest BCUT2D eigenvalue weighted by atomic mass is 15.0. The highest BCUT2D eigenvalue weighted by Gasteiger charge is 2.11. The van der Waals surface area contributed by atoms with Crippen molar-refractivity contribution < 1.29 is 0 Å². The van der Waals surface area contributed by atoms with E-state index in [0.29, 0.717) is 11.5 Å². The predicted octanol–water partition coefficient (Wildman–Crippen LogP) is 3.31. The molecular weight excluding hydrogens is 348 g/mol. The fraction of sp³-hybridized carbons (Fsp3) is 0.227. The number of anilines is 2. The first-order valence-corrected chi connectivity index (χ1v) is 9.34. The summed E-state index contributed by atoms with van der Waals surface area (Å²) in [5, 5.41) is 15.8. The highest BCUT2D eigenvalue weighted by Crippen LogP contribution is 2.19. The third-order valence-corrected chi connectivity index (χ3v) is 4.53. The summed E-state index contributed by atoms with van der Waals surface area (Å²) in [6.07, 6.45) is 5.21. The number of pyridine rings is 2. The average molecular weight is 372 g/mol. The van der Waals surface area contributed by atoms with Gasteiger partial charge in [0, 0.05) is 25.0 Å². The Hall–Kier alpha value is -3.43. The monoisotopic (exact) mass is 372 g/mol. The number of benzene rings is 1. The van der Waals surface area contributed by atoms with Gasteiger partial charge in [-0.05, 0) is 48.7 Å². The number of hydrogen-bond donors (Lipinski definition) is 3. The maximum absolute atomic E-state index is 8.84. The van der Waals surface area contributed by atoms with Gasteiger partial charge in [-0.25, -0.2) is 9.97 Å². The van der Waals surface area contributed by atoms with Crippen molar-refractivity contribution in [3.63, 3.8) is 0 Å². The molecule has 1 aromatic carbocycles. The number of aromatic nitrogens is 2. The average Bonchev–Trinajstić information content (AvgIpc) is 2.75. The van der Waals surface area contributed by atoms with Gasteiger partial charge in [0.2, 0.25) is 0 Å². The fourth-order valence-electron chi connectivity index (χ4n) is 3.02. The van der Waals surface area contributed by atoms with E-state index in [-0.39, 0.29) is 6.04 Å². The van der Waals surface area contributed by atoms with E-state index in [2.05, 4.69) is 44.9 Å². The summed E-state index contributed by atoms with van der Waals surface area (Å²) < 4.78 is 0. The Morgan fingerprint density at radius 2 is 1.86 bits per heavy atom. The molecule has 4 N–H and O–H groups in total. The minimum atomic E-state index is 0.220. The van der Waals surface area contributed by atoms with E-state index in [1.165, 1.54) is 5.56 Å². The first-order valence-electron chi connectivity index (χ1n) is 9.34. The first-order chi connectivity index (χ1) is 13.8. The number of nitrogens with one attached hydrogen (secondary N) is 2. The van der Waals surface area contributed by atoms with E-state index >= 15 is 0 Å². The van der Waals surface area contributed by atoms with Gasteiger partial charge in [0.25, 0.3) is 0 Å². The Labute approximate surface area is 165 Å². The SMILES string of the molecule is N#Cc1ccc(CCN[C@@H](CCNc2cccnc2N)c2ccccc2)cn1. The Bertz CT molecular complexity index is 902. The molecule has 0 aliphatic carbocycles. The van der Waals surface area contributed by atoms with Crippen LogP contribution in [-0.4, -0.2) is 23.1 Å². The zero-order chi connectivity index (χ0) is 19.6. The molecule has 0 bridgehead atoms. The lowest BCUT2D eigenvalue weighted by Crippen LogP contribution is -2.26. The zero-order valence-corrected chi connectivity index (χ0v) is 15.7. The van der Waals surface area contributed by atoms with Crippen molar-refractivity contribution in [3.8, 4) is 6.07 Å². The van der Waals surface area contributed by atoms with Crippen molar-refractivity contribution in [1.29, 1.82) is 5.26 Å². The van der Waals surface area contributed by atoms with Crippen molar-refractivity contribution in [1.82, 2.24) is 15.3 Å². The Morgan fingerprint density at radius 3 is 2.57 bits per heavy atom. The van der Waals surface area contributed by atoms with Crippen molar-refractivity contribution in [2.45, 2.75) is 18.9 Å². The van der Waals surface area contributed by atoms with Gasteiger partial charge >= 0.3 is 0 Å². The smallest absolute Gasteiger partial charge is 0.146 e. The minimum Gasteiger partial charge on any atom is -0.382 e. The standard InChI is InChI=1S/C22H24N6/c23-15-19-9-8-17(16-28-19)10-13-25-20(18-5-2-1-3-6-18)11-14-26-21-7-4-12-27-22(21)24/h1-9,12,16,20,25-26H,10-11,13-14H2,(H2,24,27)/t20-/m0/s1. The molecule has 142 valence electrons. The molecule has 2 aromatic heterocycles. The van der Waals surface area contributed by atoms with E-state index in [0.717, 1.165) is 37.2 Å². The van der Waals surface area contributed by atoms with Crippen LogP contribution in [0.15, 0.2) is 67.0 Å². The lowest BCUT2D eigenvalue weighted by atomic mass is 10.0. The lowest BCUT2D eigenvalue weighted by Gasteiger charge is -2.20. The van der Waals surface area contributed by atoms with Crippen LogP contribution >= 0.6 is 0 Å². The van der Waals surface area contributed by atoms with Crippen molar-refractivity contribution in [3.05, 3.63) is 83.8 Å². The molecule has 0 unspecified atom stereocenters. The fourth-order valence-corrected chi connectivity index (χ4v) is 3.02. The molecule has 6 nitrogen and oxygen atoms in total. The molecular formula is C22H24N6. The van der Waals surface area contributed by atoms with E-state index < -0.39 is 0 Å². The van der Waals surface area contributed by atoms with Gasteiger partial charge in [0.1, 0.15) is 17.6 Å². The van der Waals surface area contributed by atoms with Crippen molar-refractivity contribution in [2.75, 3.05) is 24.1 Å². The quantitative estimate of drug-likeness (QED) is 0.533. The maximum atomic E-state index is 8.84. The molecule has 0 fully saturated rings. The second-order valence-corrected chi connectivity index (χ2v) is 6.48.